The molecule has 2 saturated heterocycles. The monoisotopic (exact) mass is 518 g/mol. The predicted octanol–water partition coefficient (Wildman–Crippen LogP) is 6.15. The fourth-order valence-corrected chi connectivity index (χ4v) is 5.69. The average molecular weight is 519 g/mol. The van der Waals surface area contributed by atoms with Crippen molar-refractivity contribution in [2.24, 2.45) is 0 Å². The largest absolute Gasteiger partial charge is 0.382 e. The highest BCUT2D eigenvalue weighted by molar-refractivity contribution is 6.33. The summed E-state index contributed by atoms with van der Waals surface area (Å²) in [7, 11) is 0. The van der Waals surface area contributed by atoms with Crippen LogP contribution >= 0.6 is 11.6 Å². The molecule has 0 spiro atoms. The minimum atomic E-state index is -0.257. The van der Waals surface area contributed by atoms with Gasteiger partial charge in [0.25, 0.3) is 0 Å². The third-order valence-corrected chi connectivity index (χ3v) is 7.31. The average Bonchev–Trinajstić information content (AvgIpc) is 3.15. The van der Waals surface area contributed by atoms with Gasteiger partial charge in [-0.2, -0.15) is 0 Å². The lowest BCUT2D eigenvalue weighted by atomic mass is 9.96. The Hall–Kier alpha value is -3.71. The molecule has 8 heteroatoms. The Morgan fingerprint density at radius 2 is 1.81 bits per heavy atom. The molecule has 2 aliphatic heterocycles. The molecule has 2 fully saturated rings. The van der Waals surface area contributed by atoms with Gasteiger partial charge in [0, 0.05) is 54.3 Å². The minimum Gasteiger partial charge on any atom is -0.382 e. The Morgan fingerprint density at radius 3 is 2.46 bits per heavy atom. The van der Waals surface area contributed by atoms with Gasteiger partial charge in [0.05, 0.1) is 10.7 Å². The summed E-state index contributed by atoms with van der Waals surface area (Å²) in [5.74, 6) is -0.528. The molecule has 3 atom stereocenters. The van der Waals surface area contributed by atoms with Crippen molar-refractivity contribution in [1.29, 1.82) is 0 Å². The summed E-state index contributed by atoms with van der Waals surface area (Å²) in [6.07, 6.45) is 8.62. The summed E-state index contributed by atoms with van der Waals surface area (Å²) in [5.41, 5.74) is 3.52. The quantitative estimate of drug-likeness (QED) is 0.384. The van der Waals surface area contributed by atoms with Crippen LogP contribution in [0.3, 0.4) is 0 Å². The number of hydrogen-bond acceptors (Lipinski definition) is 4. The first-order valence-corrected chi connectivity index (χ1v) is 12.8. The van der Waals surface area contributed by atoms with Crippen LogP contribution in [0.5, 0.6) is 0 Å². The molecule has 1 aromatic heterocycles. The van der Waals surface area contributed by atoms with Crippen LogP contribution in [0.1, 0.15) is 38.2 Å². The zero-order valence-corrected chi connectivity index (χ0v) is 21.2. The van der Waals surface area contributed by atoms with Crippen molar-refractivity contribution in [3.63, 3.8) is 0 Å². The van der Waals surface area contributed by atoms with Gasteiger partial charge in [-0.15, -0.1) is 0 Å². The van der Waals surface area contributed by atoms with E-state index in [4.69, 9.17) is 11.6 Å². The molecular formula is C29H28ClFN4O2. The number of anilines is 2. The van der Waals surface area contributed by atoms with Gasteiger partial charge in [-0.1, -0.05) is 17.7 Å². The van der Waals surface area contributed by atoms with Gasteiger partial charge < -0.3 is 15.5 Å². The third-order valence-electron chi connectivity index (χ3n) is 7.00. The van der Waals surface area contributed by atoms with Crippen molar-refractivity contribution in [3.8, 4) is 11.3 Å². The number of pyridine rings is 1. The highest BCUT2D eigenvalue weighted by atomic mass is 35.5. The van der Waals surface area contributed by atoms with Crippen molar-refractivity contribution in [2.45, 2.75) is 50.7 Å². The number of hydrogen-bond donors (Lipinski definition) is 2. The second-order valence-corrected chi connectivity index (χ2v) is 10.0. The van der Waals surface area contributed by atoms with Crippen LogP contribution in [0.2, 0.25) is 5.02 Å². The van der Waals surface area contributed by atoms with E-state index in [1.54, 1.807) is 36.5 Å². The molecule has 2 amide bonds. The third kappa shape index (κ3) is 5.67. The molecule has 0 saturated carbocycles. The van der Waals surface area contributed by atoms with Crippen LogP contribution < -0.4 is 10.6 Å². The zero-order chi connectivity index (χ0) is 25.9. The summed E-state index contributed by atoms with van der Waals surface area (Å²) < 4.78 is 13.2. The number of halogens is 2. The van der Waals surface area contributed by atoms with Crippen LogP contribution in [0.4, 0.5) is 15.8 Å². The van der Waals surface area contributed by atoms with Crippen LogP contribution in [0, 0.1) is 5.82 Å². The molecule has 5 rings (SSSR count). The minimum absolute atomic E-state index is 0.0455. The first-order valence-electron chi connectivity index (χ1n) is 12.4. The first kappa shape index (κ1) is 25.0. The molecular weight excluding hydrogens is 491 g/mol. The van der Waals surface area contributed by atoms with Crippen molar-refractivity contribution in [3.05, 3.63) is 83.3 Å². The molecule has 3 heterocycles. The highest BCUT2D eigenvalue weighted by Crippen LogP contribution is 2.38. The fraction of sp³-hybridized carbons (Fsp3) is 0.276. The molecule has 0 unspecified atom stereocenters. The molecule has 0 aliphatic carbocycles. The number of rotatable bonds is 6. The number of nitrogens with one attached hydrogen (secondary N) is 2. The van der Waals surface area contributed by atoms with Crippen molar-refractivity contribution >= 4 is 40.9 Å². The first-order chi connectivity index (χ1) is 17.9. The Balaban J connectivity index is 1.34. The van der Waals surface area contributed by atoms with Gasteiger partial charge >= 0.3 is 0 Å². The second-order valence-electron chi connectivity index (χ2n) is 9.60. The predicted molar refractivity (Wildman–Crippen MR) is 145 cm³/mol. The summed E-state index contributed by atoms with van der Waals surface area (Å²) in [6, 6.07) is 16.0. The van der Waals surface area contributed by atoms with Gasteiger partial charge in [-0.25, -0.2) is 4.39 Å². The lowest BCUT2D eigenvalue weighted by Gasteiger charge is -2.39. The van der Waals surface area contributed by atoms with Crippen molar-refractivity contribution < 1.29 is 14.0 Å². The molecule has 3 aromatic rings. The Kier molecular flexibility index (Phi) is 7.24. The molecule has 2 bridgehead atoms. The molecule has 6 nitrogen and oxygen atoms in total. The molecule has 2 aliphatic rings. The van der Waals surface area contributed by atoms with E-state index >= 15 is 0 Å². The molecule has 2 aromatic carbocycles. The Bertz CT molecular complexity index is 1320. The van der Waals surface area contributed by atoms with Gasteiger partial charge in [0.2, 0.25) is 11.8 Å². The molecule has 190 valence electrons. The topological polar surface area (TPSA) is 74.3 Å². The van der Waals surface area contributed by atoms with Crippen LogP contribution in [0.15, 0.2) is 66.9 Å². The van der Waals surface area contributed by atoms with Crippen LogP contribution in [-0.4, -0.2) is 39.8 Å². The highest BCUT2D eigenvalue weighted by Gasteiger charge is 2.42. The lowest BCUT2D eigenvalue weighted by molar-refractivity contribution is -0.130. The van der Waals surface area contributed by atoms with Crippen molar-refractivity contribution in [2.75, 3.05) is 10.6 Å². The smallest absolute Gasteiger partial charge is 0.247 e. The maximum Gasteiger partial charge on any atom is 0.247 e. The molecule has 0 radical (unpaired) electrons. The fourth-order valence-electron chi connectivity index (χ4n) is 5.43. The maximum atomic E-state index is 13.3. The van der Waals surface area contributed by atoms with E-state index in [1.807, 2.05) is 29.2 Å². The van der Waals surface area contributed by atoms with E-state index in [-0.39, 0.29) is 35.8 Å². The van der Waals surface area contributed by atoms with Gasteiger partial charge in [-0.05, 0) is 85.9 Å². The number of amides is 2. The van der Waals surface area contributed by atoms with Crippen LogP contribution in [0.25, 0.3) is 17.3 Å². The lowest BCUT2D eigenvalue weighted by Crippen LogP contribution is -2.49. The van der Waals surface area contributed by atoms with E-state index in [0.29, 0.717) is 22.0 Å². The summed E-state index contributed by atoms with van der Waals surface area (Å²) >= 11 is 6.51. The van der Waals surface area contributed by atoms with E-state index in [1.165, 1.54) is 19.1 Å². The van der Waals surface area contributed by atoms with E-state index in [0.717, 1.165) is 36.9 Å². The number of carbonyl (C=O) groups excluding carboxylic acids is 2. The van der Waals surface area contributed by atoms with Gasteiger partial charge in [0.15, 0.2) is 0 Å². The normalized spacial score (nSPS) is 20.7. The number of aromatic nitrogens is 1. The van der Waals surface area contributed by atoms with Gasteiger partial charge in [-0.3, -0.25) is 14.6 Å². The van der Waals surface area contributed by atoms with Crippen molar-refractivity contribution in [1.82, 2.24) is 9.88 Å². The SMILES string of the molecule is CC(=O)Nc1cc(Cl)c(-c2ccccn2)cc1C=CC(=O)N1[C@@H]2CC[C@H]1C[C@H](Nc1ccc(F)cc1)C2. The Labute approximate surface area is 220 Å². The summed E-state index contributed by atoms with van der Waals surface area (Å²) in [4.78, 5) is 31.5. The number of carbonyl (C=O) groups is 2. The maximum absolute atomic E-state index is 13.3. The van der Waals surface area contributed by atoms with Crippen LogP contribution in [-0.2, 0) is 9.59 Å². The molecule has 37 heavy (non-hydrogen) atoms. The number of fused-ring (bicyclic) bond motifs is 2. The zero-order valence-electron chi connectivity index (χ0n) is 20.5. The van der Waals surface area contributed by atoms with Gasteiger partial charge in [0.1, 0.15) is 5.82 Å². The summed E-state index contributed by atoms with van der Waals surface area (Å²) in [5, 5.41) is 6.76. The number of nitrogens with zero attached hydrogens (tertiary/aromatic N) is 2. The summed E-state index contributed by atoms with van der Waals surface area (Å²) in [6.45, 7) is 1.43. The number of piperidine rings is 1. The van der Waals surface area contributed by atoms with E-state index in [2.05, 4.69) is 15.6 Å². The van der Waals surface area contributed by atoms with E-state index in [9.17, 15) is 14.0 Å². The standard InChI is InChI=1S/C29H28ClFN4O2/c1-18(36)33-28-17-26(30)25(27-4-2-3-13-32-27)14-19(28)5-12-29(37)35-23-10-11-24(35)16-22(15-23)34-21-8-6-20(31)7-9-21/h2-9,12-14,17,22-24,34H,10-11,15-16H2,1H3,(H,33,36)/t22-,23-,24+. The number of benzene rings is 2. The van der Waals surface area contributed by atoms with E-state index < -0.39 is 0 Å². The second kappa shape index (κ2) is 10.7. The Morgan fingerprint density at radius 1 is 1.08 bits per heavy atom. The molecule has 2 N–H and O–H groups in total.